The summed E-state index contributed by atoms with van der Waals surface area (Å²) in [5, 5.41) is 5.35. The van der Waals surface area contributed by atoms with Crippen molar-refractivity contribution in [2.45, 2.75) is 6.54 Å². The van der Waals surface area contributed by atoms with E-state index < -0.39 is 0 Å². The molecule has 5 rings (SSSR count). The van der Waals surface area contributed by atoms with Crippen LogP contribution < -0.4 is 9.80 Å². The van der Waals surface area contributed by atoms with Gasteiger partial charge in [0.25, 0.3) is 0 Å². The number of benzene rings is 2. The van der Waals surface area contributed by atoms with Crippen molar-refractivity contribution in [2.24, 2.45) is 0 Å². The van der Waals surface area contributed by atoms with Gasteiger partial charge in [-0.3, -0.25) is 9.80 Å². The number of aromatic nitrogens is 1. The Balaban J connectivity index is 1.22. The molecule has 2 amide bonds. The highest BCUT2D eigenvalue weighted by atomic mass is 16.5. The average Bonchev–Trinajstić information content (AvgIpc) is 3.19. The van der Waals surface area contributed by atoms with Gasteiger partial charge in [0, 0.05) is 52.9 Å². The molecule has 2 aromatic carbocycles. The maximum absolute atomic E-state index is 12.7. The van der Waals surface area contributed by atoms with Crippen molar-refractivity contribution < 1.29 is 9.32 Å². The van der Waals surface area contributed by atoms with Crippen LogP contribution in [0, 0.1) is 0 Å². The summed E-state index contributed by atoms with van der Waals surface area (Å²) in [5.41, 5.74) is 3.08. The van der Waals surface area contributed by atoms with Crippen molar-refractivity contribution >= 4 is 28.5 Å². The van der Waals surface area contributed by atoms with Crippen LogP contribution in [0.4, 0.5) is 16.3 Å². The van der Waals surface area contributed by atoms with Crippen LogP contribution in [0.2, 0.25) is 0 Å². The monoisotopic (exact) mass is 391 g/mol. The summed E-state index contributed by atoms with van der Waals surface area (Å²) in [6.07, 6.45) is 0. The van der Waals surface area contributed by atoms with Crippen LogP contribution in [-0.2, 0) is 6.54 Å². The van der Waals surface area contributed by atoms with Crippen molar-refractivity contribution in [2.75, 3.05) is 56.1 Å². The predicted molar refractivity (Wildman–Crippen MR) is 113 cm³/mol. The van der Waals surface area contributed by atoms with Gasteiger partial charge in [0.05, 0.1) is 11.1 Å². The number of urea groups is 1. The Morgan fingerprint density at radius 2 is 1.72 bits per heavy atom. The van der Waals surface area contributed by atoms with E-state index in [1.807, 2.05) is 48.3 Å². The Hall–Kier alpha value is -3.06. The molecule has 1 aromatic heterocycles. The maximum atomic E-state index is 12.7. The molecule has 0 aliphatic carbocycles. The normalized spacial score (nSPS) is 17.8. The third-order valence-corrected chi connectivity index (χ3v) is 5.92. The first kappa shape index (κ1) is 18.0. The number of nitrogens with zero attached hydrogens (tertiary/aromatic N) is 5. The molecule has 0 bridgehead atoms. The number of anilines is 2. The van der Waals surface area contributed by atoms with Gasteiger partial charge in [-0.1, -0.05) is 35.5 Å². The summed E-state index contributed by atoms with van der Waals surface area (Å²) >= 11 is 0. The van der Waals surface area contributed by atoms with Crippen LogP contribution in [0.1, 0.15) is 5.56 Å². The highest BCUT2D eigenvalue weighted by molar-refractivity contribution is 5.94. The zero-order valence-electron chi connectivity index (χ0n) is 16.6. The average molecular weight is 391 g/mol. The molecule has 1 fully saturated rings. The molecule has 0 saturated carbocycles. The number of para-hydroxylation sites is 2. The summed E-state index contributed by atoms with van der Waals surface area (Å²) in [4.78, 5) is 21.1. The summed E-state index contributed by atoms with van der Waals surface area (Å²) in [6.45, 7) is 5.94. The molecule has 0 radical (unpaired) electrons. The number of carbonyl (C=O) groups is 1. The second-order valence-electron chi connectivity index (χ2n) is 7.75. The van der Waals surface area contributed by atoms with Gasteiger partial charge in [0.1, 0.15) is 0 Å². The minimum Gasteiger partial charge on any atom is -0.354 e. The summed E-state index contributed by atoms with van der Waals surface area (Å²) < 4.78 is 5.46. The molecule has 7 heteroatoms. The lowest BCUT2D eigenvalue weighted by atomic mass is 10.1. The van der Waals surface area contributed by atoms with E-state index in [0.29, 0.717) is 13.1 Å². The summed E-state index contributed by atoms with van der Waals surface area (Å²) in [7, 11) is 1.87. The van der Waals surface area contributed by atoms with Crippen LogP contribution in [0.25, 0.3) is 11.0 Å². The number of piperazine rings is 1. The molecular weight excluding hydrogens is 366 g/mol. The van der Waals surface area contributed by atoms with Crippen molar-refractivity contribution in [3.05, 3.63) is 54.1 Å². The smallest absolute Gasteiger partial charge is 0.324 e. The highest BCUT2D eigenvalue weighted by Crippen LogP contribution is 2.28. The molecule has 150 valence electrons. The van der Waals surface area contributed by atoms with Gasteiger partial charge < -0.3 is 14.3 Å². The predicted octanol–water partition coefficient (Wildman–Crippen LogP) is 3.02. The maximum Gasteiger partial charge on any atom is 0.324 e. The first-order chi connectivity index (χ1) is 14.2. The molecule has 0 spiro atoms. The Morgan fingerprint density at radius 3 is 2.59 bits per heavy atom. The minimum atomic E-state index is 0.0800. The molecule has 2 aliphatic rings. The van der Waals surface area contributed by atoms with Crippen LogP contribution in [0.15, 0.2) is 53.1 Å². The Bertz CT molecular complexity index is 1020. The molecule has 3 heterocycles. The van der Waals surface area contributed by atoms with E-state index in [0.717, 1.165) is 55.2 Å². The molecule has 29 heavy (non-hydrogen) atoms. The fourth-order valence-electron chi connectivity index (χ4n) is 4.28. The second kappa shape index (κ2) is 7.40. The van der Waals surface area contributed by atoms with Gasteiger partial charge in [-0.05, 0) is 23.8 Å². The Labute approximate surface area is 170 Å². The third-order valence-electron chi connectivity index (χ3n) is 5.92. The van der Waals surface area contributed by atoms with E-state index in [9.17, 15) is 4.79 Å². The Morgan fingerprint density at radius 1 is 0.966 bits per heavy atom. The number of carbonyl (C=O) groups excluding carboxylic acids is 1. The Kier molecular flexibility index (Phi) is 4.60. The van der Waals surface area contributed by atoms with Crippen molar-refractivity contribution in [1.82, 2.24) is 15.0 Å². The zero-order chi connectivity index (χ0) is 19.8. The second-order valence-corrected chi connectivity index (χ2v) is 7.75. The molecule has 0 unspecified atom stereocenters. The third kappa shape index (κ3) is 3.31. The first-order valence-electron chi connectivity index (χ1n) is 10.1. The van der Waals surface area contributed by atoms with Gasteiger partial charge >= 0.3 is 6.03 Å². The fraction of sp³-hybridized carbons (Fsp3) is 0.364. The van der Waals surface area contributed by atoms with Gasteiger partial charge in [-0.15, -0.1) is 0 Å². The van der Waals surface area contributed by atoms with E-state index in [1.54, 1.807) is 4.90 Å². The van der Waals surface area contributed by atoms with E-state index in [4.69, 9.17) is 4.52 Å². The molecular formula is C22H25N5O2. The lowest BCUT2D eigenvalue weighted by Crippen LogP contribution is -2.51. The fourth-order valence-corrected chi connectivity index (χ4v) is 4.28. The van der Waals surface area contributed by atoms with Crippen molar-refractivity contribution in [3.8, 4) is 0 Å². The van der Waals surface area contributed by atoms with E-state index in [-0.39, 0.29) is 6.03 Å². The van der Waals surface area contributed by atoms with Crippen LogP contribution >= 0.6 is 0 Å². The molecule has 1 saturated heterocycles. The number of fused-ring (bicyclic) bond motifs is 2. The molecule has 7 nitrogen and oxygen atoms in total. The van der Waals surface area contributed by atoms with E-state index >= 15 is 0 Å². The van der Waals surface area contributed by atoms with Crippen molar-refractivity contribution in [3.63, 3.8) is 0 Å². The summed E-state index contributed by atoms with van der Waals surface area (Å²) in [6, 6.07) is 16.3. The minimum absolute atomic E-state index is 0.0800. The SMILES string of the molecule is CN1Cc2ccccc2N(CCN2CCN(c3noc4ccccc34)CC2)C1=O. The molecule has 2 aliphatic heterocycles. The van der Waals surface area contributed by atoms with Gasteiger partial charge in [0.15, 0.2) is 11.4 Å². The largest absolute Gasteiger partial charge is 0.354 e. The van der Waals surface area contributed by atoms with Crippen LogP contribution in [0.5, 0.6) is 0 Å². The van der Waals surface area contributed by atoms with E-state index in [1.165, 1.54) is 5.56 Å². The number of rotatable bonds is 4. The topological polar surface area (TPSA) is 56.1 Å². The van der Waals surface area contributed by atoms with Gasteiger partial charge in [0.2, 0.25) is 0 Å². The number of hydrogen-bond donors (Lipinski definition) is 0. The highest BCUT2D eigenvalue weighted by Gasteiger charge is 2.28. The standard InChI is InChI=1S/C22H25N5O2/c1-24-16-17-6-2-4-8-19(17)27(22(24)28)15-12-25-10-13-26(14-11-25)21-18-7-3-5-9-20(18)29-23-21/h2-9H,10-16H2,1H3. The van der Waals surface area contributed by atoms with Crippen molar-refractivity contribution in [1.29, 1.82) is 0 Å². The lowest BCUT2D eigenvalue weighted by molar-refractivity contribution is 0.206. The number of hydrogen-bond acceptors (Lipinski definition) is 5. The molecule has 3 aromatic rings. The molecule has 0 atom stereocenters. The molecule has 0 N–H and O–H groups in total. The summed E-state index contributed by atoms with van der Waals surface area (Å²) in [5.74, 6) is 0.932. The quantitative estimate of drug-likeness (QED) is 0.684. The van der Waals surface area contributed by atoms with Gasteiger partial charge in [-0.2, -0.15) is 0 Å². The first-order valence-corrected chi connectivity index (χ1v) is 10.1. The van der Waals surface area contributed by atoms with Crippen LogP contribution in [-0.4, -0.2) is 67.3 Å². The van der Waals surface area contributed by atoms with Crippen LogP contribution in [0.3, 0.4) is 0 Å². The van der Waals surface area contributed by atoms with E-state index in [2.05, 4.69) is 27.1 Å². The lowest BCUT2D eigenvalue weighted by Gasteiger charge is -2.38. The zero-order valence-corrected chi connectivity index (χ0v) is 16.6. The van der Waals surface area contributed by atoms with Gasteiger partial charge in [-0.25, -0.2) is 4.79 Å². The number of amides is 2.